The van der Waals surface area contributed by atoms with Crippen molar-refractivity contribution in [2.45, 2.75) is 51.0 Å². The fourth-order valence-electron chi connectivity index (χ4n) is 6.20. The molecule has 1 aromatic carbocycles. The van der Waals surface area contributed by atoms with Gasteiger partial charge in [0, 0.05) is 41.6 Å². The Balaban J connectivity index is 1.48. The third kappa shape index (κ3) is 3.65. The van der Waals surface area contributed by atoms with Crippen LogP contribution in [0.5, 0.6) is 0 Å². The highest BCUT2D eigenvalue weighted by Crippen LogP contribution is 2.37. The predicted molar refractivity (Wildman–Crippen MR) is 114 cm³/mol. The molecule has 2 aliphatic heterocycles. The Morgan fingerprint density at radius 2 is 1.97 bits per heavy atom. The lowest BCUT2D eigenvalue weighted by atomic mass is 9.79. The number of rotatable bonds is 3. The number of hydrogen-bond acceptors (Lipinski definition) is 2. The van der Waals surface area contributed by atoms with Gasteiger partial charge < -0.3 is 9.47 Å². The zero-order chi connectivity index (χ0) is 19.8. The van der Waals surface area contributed by atoms with Crippen molar-refractivity contribution in [2.75, 3.05) is 19.6 Å². The molecule has 2 fully saturated rings. The zero-order valence-electron chi connectivity index (χ0n) is 17.1. The molecule has 1 saturated carbocycles. The van der Waals surface area contributed by atoms with E-state index >= 15 is 0 Å². The van der Waals surface area contributed by atoms with Gasteiger partial charge in [-0.05, 0) is 43.0 Å². The molecule has 4 nitrogen and oxygen atoms in total. The van der Waals surface area contributed by atoms with E-state index in [4.69, 9.17) is 0 Å². The number of nitrogens with zero attached hydrogens (tertiary/aromatic N) is 2. The van der Waals surface area contributed by atoms with Gasteiger partial charge in [-0.3, -0.25) is 4.79 Å². The molecule has 1 saturated heterocycles. The fraction of sp³-hybridized carbons (Fsp3) is 0.520. The molecule has 1 aliphatic carbocycles. The van der Waals surface area contributed by atoms with E-state index in [0.717, 1.165) is 30.1 Å². The minimum Gasteiger partial charge on any atom is -0.334 e. The summed E-state index contributed by atoms with van der Waals surface area (Å²) in [7, 11) is 0. The average Bonchev–Trinajstić information content (AvgIpc) is 2.75. The Labute approximate surface area is 172 Å². The fourth-order valence-corrected chi connectivity index (χ4v) is 6.20. The molecular weight excluding hydrogens is 358 g/mol. The van der Waals surface area contributed by atoms with E-state index in [0.29, 0.717) is 17.4 Å². The van der Waals surface area contributed by atoms with Gasteiger partial charge in [0.1, 0.15) is 0 Å². The number of fused-ring (bicyclic) bond motifs is 4. The first-order chi connectivity index (χ1) is 14.2. The van der Waals surface area contributed by atoms with E-state index in [2.05, 4.69) is 12.1 Å². The Bertz CT molecular complexity index is 996. The van der Waals surface area contributed by atoms with Crippen molar-refractivity contribution >= 4 is 0 Å². The number of piperidine rings is 1. The molecule has 0 radical (unpaired) electrons. The summed E-state index contributed by atoms with van der Waals surface area (Å²) in [6, 6.07) is 13.8. The Morgan fingerprint density at radius 1 is 1.10 bits per heavy atom. The summed E-state index contributed by atoms with van der Waals surface area (Å²) in [5, 5.41) is 9.32. The largest absolute Gasteiger partial charge is 0.334 e. The molecule has 2 bridgehead atoms. The average molecular weight is 389 g/mol. The zero-order valence-corrected chi connectivity index (χ0v) is 17.1. The maximum atomic E-state index is 12.7. The molecule has 3 heterocycles. The second-order valence-corrected chi connectivity index (χ2v) is 9.44. The molecule has 1 N–H and O–H groups in total. The molecule has 3 atom stereocenters. The topological polar surface area (TPSA) is 50.2 Å². The van der Waals surface area contributed by atoms with Gasteiger partial charge in [0.25, 0.3) is 5.56 Å². The van der Waals surface area contributed by atoms with Crippen molar-refractivity contribution in [3.05, 3.63) is 58.0 Å². The summed E-state index contributed by atoms with van der Waals surface area (Å²) in [6.07, 6.45) is 8.23. The molecule has 29 heavy (non-hydrogen) atoms. The van der Waals surface area contributed by atoms with Gasteiger partial charge in [-0.25, -0.2) is 0 Å². The lowest BCUT2D eigenvalue weighted by molar-refractivity contribution is -0.914. The number of benzene rings is 1. The van der Waals surface area contributed by atoms with Crippen LogP contribution in [0, 0.1) is 23.2 Å². The van der Waals surface area contributed by atoms with Crippen molar-refractivity contribution in [1.82, 2.24) is 4.57 Å². The Kier molecular flexibility index (Phi) is 5.01. The molecule has 3 aliphatic rings. The lowest BCUT2D eigenvalue weighted by Crippen LogP contribution is -3.15. The standard InChI is InChI=1S/C25H29N3O/c26-13-19-7-4-8-21(11-19)23-9-10-24(29)28-16-20-12-22(25(23)28)17-27(15-20)14-18-5-2-1-3-6-18/h4,7-11,18,20,22H,1-3,5-6,12,14-17H2/p+1/t20-,22+/m0/s1. The molecule has 0 amide bonds. The number of aromatic nitrogens is 1. The number of quaternary nitrogens is 1. The van der Waals surface area contributed by atoms with Gasteiger partial charge in [-0.15, -0.1) is 0 Å². The van der Waals surface area contributed by atoms with E-state index in [9.17, 15) is 10.1 Å². The summed E-state index contributed by atoms with van der Waals surface area (Å²) in [6.45, 7) is 4.52. The van der Waals surface area contributed by atoms with Crippen LogP contribution >= 0.6 is 0 Å². The highest BCUT2D eigenvalue weighted by Gasteiger charge is 2.39. The third-order valence-electron chi connectivity index (χ3n) is 7.39. The smallest absolute Gasteiger partial charge is 0.250 e. The lowest BCUT2D eigenvalue weighted by Gasteiger charge is -2.42. The van der Waals surface area contributed by atoms with Crippen LogP contribution in [0.4, 0.5) is 0 Å². The van der Waals surface area contributed by atoms with E-state index in [1.54, 1.807) is 11.0 Å². The molecule has 1 unspecified atom stereocenters. The van der Waals surface area contributed by atoms with Crippen LogP contribution in [0.1, 0.15) is 55.7 Å². The Morgan fingerprint density at radius 3 is 2.79 bits per heavy atom. The maximum absolute atomic E-state index is 12.7. The van der Waals surface area contributed by atoms with E-state index in [-0.39, 0.29) is 5.56 Å². The second kappa shape index (κ2) is 7.80. The number of hydrogen-bond donors (Lipinski definition) is 1. The van der Waals surface area contributed by atoms with Crippen molar-refractivity contribution in [1.29, 1.82) is 5.26 Å². The first-order valence-corrected chi connectivity index (χ1v) is 11.3. The van der Waals surface area contributed by atoms with Crippen molar-refractivity contribution in [3.8, 4) is 17.2 Å². The molecular formula is C25H30N3O+. The number of nitriles is 1. The number of likely N-dealkylation sites (tertiary alicyclic amines) is 1. The first-order valence-electron chi connectivity index (χ1n) is 11.3. The van der Waals surface area contributed by atoms with Gasteiger partial charge in [0.15, 0.2) is 0 Å². The number of pyridine rings is 1. The highest BCUT2D eigenvalue weighted by molar-refractivity contribution is 5.68. The summed E-state index contributed by atoms with van der Waals surface area (Å²) in [5.74, 6) is 1.94. The minimum absolute atomic E-state index is 0.130. The summed E-state index contributed by atoms with van der Waals surface area (Å²) in [5.41, 5.74) is 4.22. The Hall–Kier alpha value is -2.38. The summed E-state index contributed by atoms with van der Waals surface area (Å²) >= 11 is 0. The third-order valence-corrected chi connectivity index (χ3v) is 7.39. The van der Waals surface area contributed by atoms with Gasteiger partial charge in [-0.1, -0.05) is 31.4 Å². The first kappa shape index (κ1) is 18.6. The molecule has 2 aromatic rings. The van der Waals surface area contributed by atoms with Crippen LogP contribution < -0.4 is 10.5 Å². The quantitative estimate of drug-likeness (QED) is 0.879. The van der Waals surface area contributed by atoms with Crippen LogP contribution in [0.15, 0.2) is 41.2 Å². The van der Waals surface area contributed by atoms with Crippen molar-refractivity contribution in [2.24, 2.45) is 11.8 Å². The van der Waals surface area contributed by atoms with Crippen LogP contribution in [-0.2, 0) is 6.54 Å². The molecule has 1 aromatic heterocycles. The van der Waals surface area contributed by atoms with E-state index in [1.807, 2.05) is 28.8 Å². The van der Waals surface area contributed by atoms with Crippen LogP contribution in [0.2, 0.25) is 0 Å². The summed E-state index contributed by atoms with van der Waals surface area (Å²) in [4.78, 5) is 14.5. The van der Waals surface area contributed by atoms with Crippen molar-refractivity contribution in [3.63, 3.8) is 0 Å². The predicted octanol–water partition coefficient (Wildman–Crippen LogP) is 2.97. The molecule has 4 heteroatoms. The van der Waals surface area contributed by atoms with Crippen LogP contribution in [0.25, 0.3) is 11.1 Å². The van der Waals surface area contributed by atoms with Gasteiger partial charge in [-0.2, -0.15) is 5.26 Å². The van der Waals surface area contributed by atoms with Gasteiger partial charge in [0.2, 0.25) is 0 Å². The van der Waals surface area contributed by atoms with E-state index in [1.165, 1.54) is 57.3 Å². The van der Waals surface area contributed by atoms with Gasteiger partial charge >= 0.3 is 0 Å². The van der Waals surface area contributed by atoms with Crippen LogP contribution in [-0.4, -0.2) is 24.2 Å². The SMILES string of the molecule is N#Cc1cccc(-c2ccc(=O)n3c2[C@@H]2C[C@H](C3)C[NH+](CC3CCCCC3)C2)c1. The highest BCUT2D eigenvalue weighted by atomic mass is 16.1. The summed E-state index contributed by atoms with van der Waals surface area (Å²) < 4.78 is 2.05. The number of nitrogens with one attached hydrogen (secondary N) is 1. The van der Waals surface area contributed by atoms with E-state index < -0.39 is 0 Å². The normalized spacial score (nSPS) is 26.5. The molecule has 5 rings (SSSR count). The monoisotopic (exact) mass is 388 g/mol. The molecule has 0 spiro atoms. The van der Waals surface area contributed by atoms with Crippen LogP contribution in [0.3, 0.4) is 0 Å². The van der Waals surface area contributed by atoms with Gasteiger partial charge in [0.05, 0.1) is 31.3 Å². The maximum Gasteiger partial charge on any atom is 0.250 e. The minimum atomic E-state index is 0.130. The molecule has 150 valence electrons. The second-order valence-electron chi connectivity index (χ2n) is 9.44. The van der Waals surface area contributed by atoms with Crippen molar-refractivity contribution < 1.29 is 4.90 Å².